The number of phenols is 1. The van der Waals surface area contributed by atoms with E-state index in [-0.39, 0.29) is 17.0 Å². The molecular weight excluding hydrogens is 467 g/mol. The molecule has 0 radical (unpaired) electrons. The SMILES string of the molecule is Cc1ccc(OP(=O)(Cc2cc(C(C)(C)C)c(O)c(C(C)(C)C)c2)Oc2ccc(C)cc2C)c(C)c1. The minimum atomic E-state index is -3.71. The van der Waals surface area contributed by atoms with E-state index in [0.717, 1.165) is 38.9 Å². The van der Waals surface area contributed by atoms with Crippen molar-refractivity contribution in [3.8, 4) is 17.2 Å². The lowest BCUT2D eigenvalue weighted by atomic mass is 9.78. The molecule has 0 saturated heterocycles. The third-order valence-electron chi connectivity index (χ3n) is 6.30. The van der Waals surface area contributed by atoms with E-state index in [2.05, 4.69) is 41.5 Å². The van der Waals surface area contributed by atoms with Crippen LogP contribution in [0.25, 0.3) is 0 Å². The molecule has 0 heterocycles. The summed E-state index contributed by atoms with van der Waals surface area (Å²) < 4.78 is 27.0. The van der Waals surface area contributed by atoms with Crippen molar-refractivity contribution in [2.24, 2.45) is 0 Å². The Morgan fingerprint density at radius 3 is 1.42 bits per heavy atom. The topological polar surface area (TPSA) is 55.8 Å². The highest BCUT2D eigenvalue weighted by Crippen LogP contribution is 2.53. The number of phenolic OH excluding ortho intramolecular Hbond substituents is 1. The van der Waals surface area contributed by atoms with Gasteiger partial charge >= 0.3 is 7.60 Å². The molecule has 0 unspecified atom stereocenters. The van der Waals surface area contributed by atoms with Gasteiger partial charge in [-0.3, -0.25) is 0 Å². The van der Waals surface area contributed by atoms with Crippen molar-refractivity contribution in [3.63, 3.8) is 0 Å². The molecule has 0 spiro atoms. The normalized spacial score (nSPS) is 12.5. The lowest BCUT2D eigenvalue weighted by molar-refractivity contribution is 0.381. The maximum Gasteiger partial charge on any atom is 0.435 e. The van der Waals surface area contributed by atoms with Crippen LogP contribution >= 0.6 is 7.60 Å². The zero-order chi connectivity index (χ0) is 27.1. The summed E-state index contributed by atoms with van der Waals surface area (Å²) in [5.74, 6) is 1.37. The van der Waals surface area contributed by atoms with Crippen molar-refractivity contribution in [2.45, 2.75) is 86.2 Å². The number of aromatic hydroxyl groups is 1. The summed E-state index contributed by atoms with van der Waals surface area (Å²) >= 11 is 0. The molecule has 5 heteroatoms. The van der Waals surface area contributed by atoms with Crippen LogP contribution in [0.4, 0.5) is 0 Å². The minimum Gasteiger partial charge on any atom is -0.507 e. The molecule has 3 aromatic rings. The van der Waals surface area contributed by atoms with Crippen LogP contribution in [0.2, 0.25) is 0 Å². The Morgan fingerprint density at radius 1 is 0.694 bits per heavy atom. The Kier molecular flexibility index (Phi) is 7.72. The summed E-state index contributed by atoms with van der Waals surface area (Å²) in [6.07, 6.45) is 0.0695. The Hall–Kier alpha value is -2.71. The molecule has 3 aromatic carbocycles. The van der Waals surface area contributed by atoms with E-state index in [1.807, 2.05) is 76.2 Å². The number of benzene rings is 3. The molecule has 4 nitrogen and oxygen atoms in total. The van der Waals surface area contributed by atoms with Gasteiger partial charge in [-0.05, 0) is 78.5 Å². The van der Waals surface area contributed by atoms with Crippen LogP contribution in [-0.2, 0) is 21.6 Å². The molecule has 0 aromatic heterocycles. The highest BCUT2D eigenvalue weighted by Gasteiger charge is 2.33. The highest BCUT2D eigenvalue weighted by atomic mass is 31.2. The summed E-state index contributed by atoms with van der Waals surface area (Å²) in [6.45, 7) is 20.3. The fourth-order valence-electron chi connectivity index (χ4n) is 4.34. The molecule has 36 heavy (non-hydrogen) atoms. The molecule has 1 N–H and O–H groups in total. The predicted molar refractivity (Wildman–Crippen MR) is 150 cm³/mol. The van der Waals surface area contributed by atoms with Crippen molar-refractivity contribution < 1.29 is 18.7 Å². The first kappa shape index (κ1) is 27.9. The van der Waals surface area contributed by atoms with Crippen LogP contribution in [0, 0.1) is 27.7 Å². The largest absolute Gasteiger partial charge is 0.507 e. The van der Waals surface area contributed by atoms with Crippen LogP contribution in [0.1, 0.15) is 80.5 Å². The number of rotatable bonds is 6. The first-order valence-electron chi connectivity index (χ1n) is 12.5. The molecule has 0 saturated carbocycles. The van der Waals surface area contributed by atoms with Crippen LogP contribution in [0.5, 0.6) is 17.2 Å². The Morgan fingerprint density at radius 2 is 1.08 bits per heavy atom. The van der Waals surface area contributed by atoms with E-state index in [1.54, 1.807) is 0 Å². The van der Waals surface area contributed by atoms with Crippen molar-refractivity contribution in [3.05, 3.63) is 87.5 Å². The zero-order valence-corrected chi connectivity index (χ0v) is 24.3. The zero-order valence-electron chi connectivity index (χ0n) is 23.4. The van der Waals surface area contributed by atoms with Gasteiger partial charge in [-0.25, -0.2) is 4.57 Å². The van der Waals surface area contributed by atoms with Gasteiger partial charge in [-0.1, -0.05) is 89.1 Å². The van der Waals surface area contributed by atoms with E-state index in [0.29, 0.717) is 17.2 Å². The monoisotopic (exact) mass is 508 g/mol. The summed E-state index contributed by atoms with van der Waals surface area (Å²) in [4.78, 5) is 0. The first-order chi connectivity index (χ1) is 16.5. The van der Waals surface area contributed by atoms with Crippen molar-refractivity contribution >= 4 is 7.60 Å². The second-order valence-electron chi connectivity index (χ2n) is 12.0. The van der Waals surface area contributed by atoms with E-state index in [9.17, 15) is 9.67 Å². The third kappa shape index (κ3) is 6.53. The molecule has 0 aliphatic rings. The van der Waals surface area contributed by atoms with Gasteiger partial charge in [0.15, 0.2) is 0 Å². The van der Waals surface area contributed by atoms with Crippen molar-refractivity contribution in [1.82, 2.24) is 0 Å². The van der Waals surface area contributed by atoms with Crippen LogP contribution in [-0.4, -0.2) is 5.11 Å². The summed E-state index contributed by atoms with van der Waals surface area (Å²) in [5.41, 5.74) is 5.84. The molecule has 0 aliphatic heterocycles. The predicted octanol–water partition coefficient (Wildman–Crippen LogP) is 9.07. The Balaban J connectivity index is 2.15. The summed E-state index contributed by atoms with van der Waals surface area (Å²) in [6, 6.07) is 15.5. The Bertz CT molecular complexity index is 1220. The van der Waals surface area contributed by atoms with E-state index in [4.69, 9.17) is 9.05 Å². The van der Waals surface area contributed by atoms with Gasteiger partial charge < -0.3 is 14.2 Å². The average Bonchev–Trinajstić information content (AvgIpc) is 2.72. The van der Waals surface area contributed by atoms with Crippen molar-refractivity contribution in [1.29, 1.82) is 0 Å². The lowest BCUT2D eigenvalue weighted by Gasteiger charge is -2.29. The number of hydrogen-bond acceptors (Lipinski definition) is 4. The van der Waals surface area contributed by atoms with Crippen LogP contribution in [0.3, 0.4) is 0 Å². The third-order valence-corrected chi connectivity index (χ3v) is 8.00. The van der Waals surface area contributed by atoms with Gasteiger partial charge in [0, 0.05) is 0 Å². The molecule has 194 valence electrons. The molecule has 0 atom stereocenters. The van der Waals surface area contributed by atoms with Gasteiger partial charge in [0.1, 0.15) is 17.2 Å². The standard InChI is InChI=1S/C31H41O4P/c1-20-11-13-27(22(3)15-20)34-36(33,35-28-14-12-21(2)16-23(28)4)19-24-17-25(30(5,6)7)29(32)26(18-24)31(8,9)10/h11-18,32H,19H2,1-10H3. The molecule has 0 fully saturated rings. The lowest BCUT2D eigenvalue weighted by Crippen LogP contribution is -2.18. The Labute approximate surface area is 217 Å². The van der Waals surface area contributed by atoms with Gasteiger partial charge in [0.2, 0.25) is 0 Å². The van der Waals surface area contributed by atoms with E-state index < -0.39 is 7.60 Å². The quantitative estimate of drug-likeness (QED) is 0.337. The smallest absolute Gasteiger partial charge is 0.435 e. The maximum absolute atomic E-state index is 14.5. The molecule has 0 aliphatic carbocycles. The molecule has 0 bridgehead atoms. The van der Waals surface area contributed by atoms with Gasteiger partial charge in [-0.15, -0.1) is 0 Å². The first-order valence-corrected chi connectivity index (χ1v) is 14.2. The minimum absolute atomic E-state index is 0.0695. The molecule has 0 amide bonds. The van der Waals surface area contributed by atoms with Crippen LogP contribution < -0.4 is 9.05 Å². The van der Waals surface area contributed by atoms with Gasteiger partial charge in [-0.2, -0.15) is 0 Å². The second-order valence-corrected chi connectivity index (χ2v) is 13.9. The fraction of sp³-hybridized carbons (Fsp3) is 0.419. The number of hydrogen-bond donors (Lipinski definition) is 1. The van der Waals surface area contributed by atoms with E-state index >= 15 is 0 Å². The summed E-state index contributed by atoms with van der Waals surface area (Å²) in [5, 5.41) is 11.1. The summed E-state index contributed by atoms with van der Waals surface area (Å²) in [7, 11) is -3.71. The van der Waals surface area contributed by atoms with E-state index in [1.165, 1.54) is 0 Å². The van der Waals surface area contributed by atoms with Crippen LogP contribution in [0.15, 0.2) is 48.5 Å². The van der Waals surface area contributed by atoms with Crippen molar-refractivity contribution in [2.75, 3.05) is 0 Å². The number of aryl methyl sites for hydroxylation is 4. The highest BCUT2D eigenvalue weighted by molar-refractivity contribution is 7.53. The second kappa shape index (κ2) is 9.98. The maximum atomic E-state index is 14.5. The molecule has 3 rings (SSSR count). The average molecular weight is 509 g/mol. The molecular formula is C31H41O4P. The van der Waals surface area contributed by atoms with Gasteiger partial charge in [0.25, 0.3) is 0 Å². The fourth-order valence-corrected chi connectivity index (χ4v) is 6.14. The van der Waals surface area contributed by atoms with Gasteiger partial charge in [0.05, 0.1) is 6.16 Å².